The number of hydrogen-bond acceptors (Lipinski definition) is 4. The zero-order valence-corrected chi connectivity index (χ0v) is 9.82. The van der Waals surface area contributed by atoms with Gasteiger partial charge in [0.1, 0.15) is 0 Å². The first-order chi connectivity index (χ1) is 7.56. The van der Waals surface area contributed by atoms with Crippen molar-refractivity contribution >= 4 is 11.9 Å². The van der Waals surface area contributed by atoms with Crippen LogP contribution in [0.3, 0.4) is 0 Å². The first-order valence-corrected chi connectivity index (χ1v) is 5.19. The third-order valence-electron chi connectivity index (χ3n) is 1.98. The van der Waals surface area contributed by atoms with E-state index in [0.717, 1.165) is 0 Å². The molecule has 0 aromatic heterocycles. The second-order valence-corrected chi connectivity index (χ2v) is 3.13. The van der Waals surface area contributed by atoms with Gasteiger partial charge in [-0.05, 0) is 13.0 Å². The van der Waals surface area contributed by atoms with Crippen LogP contribution in [0.5, 0.6) is 0 Å². The second-order valence-electron chi connectivity index (χ2n) is 3.13. The van der Waals surface area contributed by atoms with Gasteiger partial charge in [-0.25, -0.2) is 4.79 Å². The molecule has 0 fully saturated rings. The van der Waals surface area contributed by atoms with Crippen LogP contribution < -0.4 is 0 Å². The van der Waals surface area contributed by atoms with Gasteiger partial charge >= 0.3 is 11.9 Å². The zero-order chi connectivity index (χ0) is 12.6. The SMILES string of the molecule is C=CCC(C=C)(OC(=O)CC)C(=O)OCC. The Kier molecular flexibility index (Phi) is 6.15. The summed E-state index contributed by atoms with van der Waals surface area (Å²) in [5.41, 5.74) is -1.44. The topological polar surface area (TPSA) is 52.6 Å². The Labute approximate surface area is 95.9 Å². The van der Waals surface area contributed by atoms with Crippen LogP contribution in [-0.4, -0.2) is 24.1 Å². The van der Waals surface area contributed by atoms with Crippen LogP contribution in [0.1, 0.15) is 26.7 Å². The normalized spacial score (nSPS) is 13.4. The molecule has 0 rings (SSSR count). The van der Waals surface area contributed by atoms with E-state index in [9.17, 15) is 9.59 Å². The van der Waals surface area contributed by atoms with Gasteiger partial charge in [-0.2, -0.15) is 0 Å². The molecule has 0 aliphatic carbocycles. The Hall–Kier alpha value is -1.58. The number of carbonyl (C=O) groups is 2. The molecule has 0 aliphatic rings. The lowest BCUT2D eigenvalue weighted by Gasteiger charge is -2.26. The van der Waals surface area contributed by atoms with Gasteiger partial charge < -0.3 is 9.47 Å². The Morgan fingerprint density at radius 2 is 1.94 bits per heavy atom. The number of esters is 2. The van der Waals surface area contributed by atoms with Gasteiger partial charge in [-0.1, -0.05) is 19.6 Å². The molecule has 4 heteroatoms. The van der Waals surface area contributed by atoms with E-state index in [4.69, 9.17) is 9.47 Å². The molecule has 0 radical (unpaired) electrons. The average Bonchev–Trinajstić information content (AvgIpc) is 2.28. The van der Waals surface area contributed by atoms with E-state index in [1.807, 2.05) is 0 Å². The first-order valence-electron chi connectivity index (χ1n) is 5.19. The van der Waals surface area contributed by atoms with E-state index >= 15 is 0 Å². The van der Waals surface area contributed by atoms with E-state index < -0.39 is 17.5 Å². The molecule has 0 saturated carbocycles. The third kappa shape index (κ3) is 3.53. The van der Waals surface area contributed by atoms with Crippen LogP contribution in [-0.2, 0) is 19.1 Å². The van der Waals surface area contributed by atoms with Crippen molar-refractivity contribution in [2.75, 3.05) is 6.61 Å². The molecular weight excluding hydrogens is 208 g/mol. The van der Waals surface area contributed by atoms with Crippen molar-refractivity contribution in [1.29, 1.82) is 0 Å². The monoisotopic (exact) mass is 226 g/mol. The van der Waals surface area contributed by atoms with Gasteiger partial charge in [-0.3, -0.25) is 4.79 Å². The van der Waals surface area contributed by atoms with Gasteiger partial charge in [0.05, 0.1) is 6.61 Å². The summed E-state index contributed by atoms with van der Waals surface area (Å²) in [6.45, 7) is 10.6. The molecule has 1 unspecified atom stereocenters. The maximum absolute atomic E-state index is 11.7. The largest absolute Gasteiger partial charge is 0.463 e. The fourth-order valence-corrected chi connectivity index (χ4v) is 1.12. The van der Waals surface area contributed by atoms with Crippen molar-refractivity contribution in [2.45, 2.75) is 32.3 Å². The summed E-state index contributed by atoms with van der Waals surface area (Å²) in [7, 11) is 0. The summed E-state index contributed by atoms with van der Waals surface area (Å²) in [6, 6.07) is 0. The minimum atomic E-state index is -1.44. The maximum Gasteiger partial charge on any atom is 0.355 e. The molecule has 4 nitrogen and oxygen atoms in total. The van der Waals surface area contributed by atoms with Crippen molar-refractivity contribution in [3.8, 4) is 0 Å². The van der Waals surface area contributed by atoms with Gasteiger partial charge in [-0.15, -0.1) is 6.58 Å². The smallest absolute Gasteiger partial charge is 0.355 e. The van der Waals surface area contributed by atoms with Gasteiger partial charge in [0.25, 0.3) is 0 Å². The third-order valence-corrected chi connectivity index (χ3v) is 1.98. The summed E-state index contributed by atoms with van der Waals surface area (Å²) >= 11 is 0. The quantitative estimate of drug-likeness (QED) is 0.492. The molecule has 90 valence electrons. The Morgan fingerprint density at radius 3 is 2.31 bits per heavy atom. The maximum atomic E-state index is 11.7. The standard InChI is InChI=1S/C12H18O4/c1-5-9-12(7-3,11(14)15-8-4)16-10(13)6-2/h5,7H,1,3,6,8-9H2,2,4H3. The summed E-state index contributed by atoms with van der Waals surface area (Å²) < 4.78 is 9.95. The molecular formula is C12H18O4. The fourth-order valence-electron chi connectivity index (χ4n) is 1.12. The molecule has 0 amide bonds. The zero-order valence-electron chi connectivity index (χ0n) is 9.82. The van der Waals surface area contributed by atoms with E-state index in [-0.39, 0.29) is 19.4 Å². The van der Waals surface area contributed by atoms with E-state index in [0.29, 0.717) is 0 Å². The highest BCUT2D eigenvalue weighted by atomic mass is 16.6. The highest BCUT2D eigenvalue weighted by molar-refractivity contribution is 5.85. The van der Waals surface area contributed by atoms with Crippen LogP contribution in [0, 0.1) is 0 Å². The van der Waals surface area contributed by atoms with E-state index in [1.54, 1.807) is 13.8 Å². The Balaban J connectivity index is 4.97. The lowest BCUT2D eigenvalue weighted by Crippen LogP contribution is -2.42. The Bertz CT molecular complexity index is 283. The second kappa shape index (κ2) is 6.82. The van der Waals surface area contributed by atoms with Crippen molar-refractivity contribution < 1.29 is 19.1 Å². The molecule has 0 heterocycles. The molecule has 0 aromatic carbocycles. The number of rotatable bonds is 7. The highest BCUT2D eigenvalue weighted by Gasteiger charge is 2.39. The number of hydrogen-bond donors (Lipinski definition) is 0. The lowest BCUT2D eigenvalue weighted by molar-refractivity contribution is -0.176. The van der Waals surface area contributed by atoms with E-state index in [2.05, 4.69) is 13.2 Å². The molecule has 0 spiro atoms. The molecule has 16 heavy (non-hydrogen) atoms. The number of carbonyl (C=O) groups excluding carboxylic acids is 2. The fraction of sp³-hybridized carbons (Fsp3) is 0.500. The predicted molar refractivity (Wildman–Crippen MR) is 60.8 cm³/mol. The molecule has 0 aliphatic heterocycles. The van der Waals surface area contributed by atoms with Crippen molar-refractivity contribution in [1.82, 2.24) is 0 Å². The van der Waals surface area contributed by atoms with Gasteiger partial charge in [0.2, 0.25) is 5.60 Å². The number of ether oxygens (including phenoxy) is 2. The highest BCUT2D eigenvalue weighted by Crippen LogP contribution is 2.21. The summed E-state index contributed by atoms with van der Waals surface area (Å²) in [6.07, 6.45) is 3.11. The predicted octanol–water partition coefficient (Wildman–Crippen LogP) is 2.00. The molecule has 1 atom stereocenters. The van der Waals surface area contributed by atoms with Gasteiger partial charge in [0, 0.05) is 12.8 Å². The molecule has 0 N–H and O–H groups in total. The van der Waals surface area contributed by atoms with Crippen molar-refractivity contribution in [3.05, 3.63) is 25.3 Å². The van der Waals surface area contributed by atoms with Crippen LogP contribution >= 0.6 is 0 Å². The Morgan fingerprint density at radius 1 is 1.31 bits per heavy atom. The minimum absolute atomic E-state index is 0.154. The lowest BCUT2D eigenvalue weighted by atomic mass is 9.99. The summed E-state index contributed by atoms with van der Waals surface area (Å²) in [5, 5.41) is 0. The van der Waals surface area contributed by atoms with E-state index in [1.165, 1.54) is 12.2 Å². The van der Waals surface area contributed by atoms with Crippen LogP contribution in [0.25, 0.3) is 0 Å². The van der Waals surface area contributed by atoms with Crippen LogP contribution in [0.15, 0.2) is 25.3 Å². The van der Waals surface area contributed by atoms with Crippen molar-refractivity contribution in [3.63, 3.8) is 0 Å². The van der Waals surface area contributed by atoms with Crippen LogP contribution in [0.2, 0.25) is 0 Å². The average molecular weight is 226 g/mol. The molecule has 0 aromatic rings. The van der Waals surface area contributed by atoms with Gasteiger partial charge in [0.15, 0.2) is 0 Å². The molecule has 0 bridgehead atoms. The van der Waals surface area contributed by atoms with Crippen molar-refractivity contribution in [2.24, 2.45) is 0 Å². The minimum Gasteiger partial charge on any atom is -0.463 e. The summed E-state index contributed by atoms with van der Waals surface area (Å²) in [4.78, 5) is 23.0. The molecule has 0 saturated heterocycles. The first kappa shape index (κ1) is 14.4. The van der Waals surface area contributed by atoms with Crippen LogP contribution in [0.4, 0.5) is 0 Å². The summed E-state index contributed by atoms with van der Waals surface area (Å²) in [5.74, 6) is -1.10.